The van der Waals surface area contributed by atoms with Crippen molar-refractivity contribution in [3.63, 3.8) is 0 Å². The van der Waals surface area contributed by atoms with Crippen LogP contribution in [0.15, 0.2) is 0 Å². The van der Waals surface area contributed by atoms with E-state index in [0.29, 0.717) is 12.8 Å². The molecular formula is C38H76N2O2. The number of unbranched alkanes of at least 4 members (excludes halogenated alkanes) is 25. The Morgan fingerprint density at radius 2 is 0.762 bits per heavy atom. The molecule has 0 aliphatic carbocycles. The van der Waals surface area contributed by atoms with Gasteiger partial charge in [-0.1, -0.05) is 168 Å². The van der Waals surface area contributed by atoms with E-state index in [1.807, 2.05) is 0 Å². The molecule has 0 aromatic heterocycles. The van der Waals surface area contributed by atoms with E-state index >= 15 is 0 Å². The molecule has 0 radical (unpaired) electrons. The normalized spacial score (nSPS) is 12.0. The highest BCUT2D eigenvalue weighted by molar-refractivity contribution is 5.76. The van der Waals surface area contributed by atoms with Crippen molar-refractivity contribution in [1.82, 2.24) is 10.6 Å². The van der Waals surface area contributed by atoms with Gasteiger partial charge in [-0.3, -0.25) is 9.59 Å². The molecule has 0 heterocycles. The van der Waals surface area contributed by atoms with E-state index in [2.05, 4.69) is 31.4 Å². The Labute approximate surface area is 264 Å². The van der Waals surface area contributed by atoms with Crippen LogP contribution in [0.1, 0.15) is 220 Å². The largest absolute Gasteiger partial charge is 0.356 e. The number of rotatable bonds is 34. The molecule has 0 aliphatic heterocycles. The van der Waals surface area contributed by atoms with Crippen LogP contribution in [0.2, 0.25) is 0 Å². The number of carbonyl (C=O) groups excluding carboxylic acids is 2. The van der Waals surface area contributed by atoms with E-state index in [1.54, 1.807) is 0 Å². The van der Waals surface area contributed by atoms with Gasteiger partial charge in [-0.15, -0.1) is 0 Å². The Morgan fingerprint density at radius 3 is 1.14 bits per heavy atom. The van der Waals surface area contributed by atoms with Gasteiger partial charge in [0.05, 0.1) is 0 Å². The lowest BCUT2D eigenvalue weighted by Gasteiger charge is -2.14. The monoisotopic (exact) mass is 593 g/mol. The summed E-state index contributed by atoms with van der Waals surface area (Å²) in [7, 11) is 0. The first-order valence-corrected chi connectivity index (χ1v) is 19.2. The SMILES string of the molecule is CCCCCCCCCCCCCCCC(=O)NCCCCC(C)NC(=O)CCCCCCCCCCCCCCC. The van der Waals surface area contributed by atoms with Crippen LogP contribution in [-0.2, 0) is 9.59 Å². The predicted octanol–water partition coefficient (Wildman–Crippen LogP) is 11.7. The summed E-state index contributed by atoms with van der Waals surface area (Å²) < 4.78 is 0. The summed E-state index contributed by atoms with van der Waals surface area (Å²) in [6.45, 7) is 7.42. The van der Waals surface area contributed by atoms with Gasteiger partial charge in [0.1, 0.15) is 0 Å². The second-order valence-corrected chi connectivity index (χ2v) is 13.3. The fourth-order valence-corrected chi connectivity index (χ4v) is 5.92. The smallest absolute Gasteiger partial charge is 0.220 e. The Hall–Kier alpha value is -1.06. The van der Waals surface area contributed by atoms with E-state index in [0.717, 1.165) is 38.6 Å². The molecule has 0 fully saturated rings. The molecule has 2 amide bonds. The first kappa shape index (κ1) is 40.9. The average Bonchev–Trinajstić information content (AvgIpc) is 2.97. The topological polar surface area (TPSA) is 58.2 Å². The average molecular weight is 593 g/mol. The summed E-state index contributed by atoms with van der Waals surface area (Å²) in [6.07, 6.45) is 39.0. The maximum absolute atomic E-state index is 12.2. The van der Waals surface area contributed by atoms with E-state index in [4.69, 9.17) is 0 Å². The maximum Gasteiger partial charge on any atom is 0.220 e. The number of amides is 2. The lowest BCUT2D eigenvalue weighted by atomic mass is 10.0. The van der Waals surface area contributed by atoms with Gasteiger partial charge in [0.15, 0.2) is 0 Å². The highest BCUT2D eigenvalue weighted by atomic mass is 16.2. The molecule has 0 aliphatic rings. The fourth-order valence-electron chi connectivity index (χ4n) is 5.92. The highest BCUT2D eigenvalue weighted by Crippen LogP contribution is 2.14. The molecule has 0 spiro atoms. The minimum absolute atomic E-state index is 0.205. The molecule has 42 heavy (non-hydrogen) atoms. The van der Waals surface area contributed by atoms with Crippen LogP contribution in [0.3, 0.4) is 0 Å². The van der Waals surface area contributed by atoms with Gasteiger partial charge in [0, 0.05) is 25.4 Å². The van der Waals surface area contributed by atoms with Gasteiger partial charge in [-0.05, 0) is 39.0 Å². The third-order valence-electron chi connectivity index (χ3n) is 8.81. The molecule has 1 atom stereocenters. The van der Waals surface area contributed by atoms with Crippen LogP contribution >= 0.6 is 0 Å². The summed E-state index contributed by atoms with van der Waals surface area (Å²) in [4.78, 5) is 24.3. The molecule has 250 valence electrons. The van der Waals surface area contributed by atoms with E-state index < -0.39 is 0 Å². The Morgan fingerprint density at radius 1 is 0.429 bits per heavy atom. The van der Waals surface area contributed by atoms with Crippen LogP contribution in [0.4, 0.5) is 0 Å². The molecule has 1 unspecified atom stereocenters. The highest BCUT2D eigenvalue weighted by Gasteiger charge is 2.07. The van der Waals surface area contributed by atoms with Crippen LogP contribution in [0.5, 0.6) is 0 Å². The standard InChI is InChI=1S/C38H76N2O2/c1-4-6-8-10-12-14-16-18-20-22-24-26-28-33-37(41)39-35-31-30-32-36(3)40-38(42)34-29-27-25-23-21-19-17-15-13-11-9-7-5-2/h36H,4-35H2,1-3H3,(H,39,41)(H,40,42). The van der Waals surface area contributed by atoms with Gasteiger partial charge in [-0.2, -0.15) is 0 Å². The first-order valence-electron chi connectivity index (χ1n) is 19.2. The summed E-state index contributed by atoms with van der Waals surface area (Å²) in [5.41, 5.74) is 0. The zero-order valence-electron chi connectivity index (χ0n) is 29.0. The molecule has 4 nitrogen and oxygen atoms in total. The van der Waals surface area contributed by atoms with Crippen molar-refractivity contribution in [3.05, 3.63) is 0 Å². The summed E-state index contributed by atoms with van der Waals surface area (Å²) in [5, 5.41) is 6.25. The molecule has 2 N–H and O–H groups in total. The third-order valence-corrected chi connectivity index (χ3v) is 8.81. The van der Waals surface area contributed by atoms with Crippen molar-refractivity contribution in [2.45, 2.75) is 226 Å². The number of hydrogen-bond acceptors (Lipinski definition) is 2. The zero-order valence-corrected chi connectivity index (χ0v) is 29.0. The molecule has 0 rings (SSSR count). The molecule has 0 saturated carbocycles. The van der Waals surface area contributed by atoms with Gasteiger partial charge < -0.3 is 10.6 Å². The van der Waals surface area contributed by atoms with Crippen LogP contribution in [0.25, 0.3) is 0 Å². The van der Waals surface area contributed by atoms with Crippen LogP contribution in [-0.4, -0.2) is 24.4 Å². The van der Waals surface area contributed by atoms with Gasteiger partial charge in [-0.25, -0.2) is 0 Å². The van der Waals surface area contributed by atoms with Crippen LogP contribution < -0.4 is 10.6 Å². The molecule has 4 heteroatoms. The Kier molecular flexibility index (Phi) is 33.6. The van der Waals surface area contributed by atoms with Crippen molar-refractivity contribution in [2.75, 3.05) is 6.54 Å². The minimum atomic E-state index is 0.205. The second-order valence-electron chi connectivity index (χ2n) is 13.3. The third kappa shape index (κ3) is 33.4. The van der Waals surface area contributed by atoms with Crippen molar-refractivity contribution in [2.24, 2.45) is 0 Å². The fraction of sp³-hybridized carbons (Fsp3) is 0.947. The van der Waals surface area contributed by atoms with Gasteiger partial charge in [0.25, 0.3) is 0 Å². The van der Waals surface area contributed by atoms with E-state index in [1.165, 1.54) is 154 Å². The van der Waals surface area contributed by atoms with Gasteiger partial charge in [0.2, 0.25) is 11.8 Å². The maximum atomic E-state index is 12.2. The van der Waals surface area contributed by atoms with Crippen LogP contribution in [0, 0.1) is 0 Å². The number of carbonyl (C=O) groups is 2. The molecule has 0 bridgehead atoms. The second kappa shape index (κ2) is 34.4. The quantitative estimate of drug-likeness (QED) is 0.0730. The van der Waals surface area contributed by atoms with E-state index in [-0.39, 0.29) is 17.9 Å². The lowest BCUT2D eigenvalue weighted by Crippen LogP contribution is -2.32. The van der Waals surface area contributed by atoms with E-state index in [9.17, 15) is 9.59 Å². The van der Waals surface area contributed by atoms with Crippen molar-refractivity contribution in [3.8, 4) is 0 Å². The van der Waals surface area contributed by atoms with Crippen molar-refractivity contribution < 1.29 is 9.59 Å². The molecule has 0 saturated heterocycles. The predicted molar refractivity (Wildman–Crippen MR) is 185 cm³/mol. The molecular weight excluding hydrogens is 516 g/mol. The molecule has 0 aromatic carbocycles. The summed E-state index contributed by atoms with van der Waals surface area (Å²) >= 11 is 0. The van der Waals surface area contributed by atoms with Gasteiger partial charge >= 0.3 is 0 Å². The minimum Gasteiger partial charge on any atom is -0.356 e. The summed E-state index contributed by atoms with van der Waals surface area (Å²) in [5.74, 6) is 0.411. The van der Waals surface area contributed by atoms with Crippen molar-refractivity contribution >= 4 is 11.8 Å². The zero-order chi connectivity index (χ0) is 30.8. The number of hydrogen-bond donors (Lipinski definition) is 2. The molecule has 0 aromatic rings. The Balaban J connectivity index is 3.37. The number of nitrogens with one attached hydrogen (secondary N) is 2. The van der Waals surface area contributed by atoms with Crippen molar-refractivity contribution in [1.29, 1.82) is 0 Å². The lowest BCUT2D eigenvalue weighted by molar-refractivity contribution is -0.122. The Bertz CT molecular complexity index is 565. The first-order chi connectivity index (χ1) is 20.6. The summed E-state index contributed by atoms with van der Waals surface area (Å²) in [6, 6.07) is 0.223.